The van der Waals surface area contributed by atoms with Gasteiger partial charge in [0.15, 0.2) is 0 Å². The van der Waals surface area contributed by atoms with Crippen LogP contribution in [0.3, 0.4) is 0 Å². The molecule has 0 radical (unpaired) electrons. The number of aromatic nitrogens is 1. The molecule has 2 heterocycles. The van der Waals surface area contributed by atoms with E-state index in [-0.39, 0.29) is 11.3 Å². The predicted molar refractivity (Wildman–Crippen MR) is 120 cm³/mol. The fraction of sp³-hybridized carbons (Fsp3) is 0.565. The van der Waals surface area contributed by atoms with E-state index < -0.39 is 0 Å². The van der Waals surface area contributed by atoms with Crippen LogP contribution in [0.15, 0.2) is 18.2 Å². The van der Waals surface area contributed by atoms with Crippen molar-refractivity contribution in [2.75, 3.05) is 33.0 Å². The fourth-order valence-corrected chi connectivity index (χ4v) is 3.47. The van der Waals surface area contributed by atoms with Crippen LogP contribution in [-0.4, -0.2) is 43.2 Å². The number of hydrogen-bond donors (Lipinski definition) is 4. The summed E-state index contributed by atoms with van der Waals surface area (Å²) >= 11 is 0. The molecule has 6 heteroatoms. The van der Waals surface area contributed by atoms with Gasteiger partial charge in [0.1, 0.15) is 5.69 Å². The van der Waals surface area contributed by atoms with Gasteiger partial charge in [-0.05, 0) is 73.4 Å². The molecular formula is C23H36N4O2. The van der Waals surface area contributed by atoms with Crippen LogP contribution in [0.1, 0.15) is 74.0 Å². The van der Waals surface area contributed by atoms with Crippen LogP contribution in [0.25, 0.3) is 10.9 Å². The van der Waals surface area contributed by atoms with Gasteiger partial charge in [-0.25, -0.2) is 4.98 Å². The molecule has 1 aromatic heterocycles. The average Bonchev–Trinajstić information content (AvgIpc) is 3.38. The third-order valence-electron chi connectivity index (χ3n) is 5.24. The molecule has 1 aliphatic heterocycles. The highest BCUT2D eigenvalue weighted by molar-refractivity contribution is 6.00. The van der Waals surface area contributed by atoms with Crippen LogP contribution < -0.4 is 16.4 Å². The molecule has 1 saturated heterocycles. The largest absolute Gasteiger partial charge is 0.400 e. The van der Waals surface area contributed by atoms with Gasteiger partial charge in [0, 0.05) is 25.2 Å². The first kappa shape index (κ1) is 23.1. The smallest absolute Gasteiger partial charge is 0.269 e. The fourth-order valence-electron chi connectivity index (χ4n) is 3.47. The maximum atomic E-state index is 11.9. The monoisotopic (exact) mass is 400 g/mol. The Morgan fingerprint density at radius 3 is 2.24 bits per heavy atom. The number of carbonyl (C=O) groups is 1. The van der Waals surface area contributed by atoms with Crippen LogP contribution in [0.5, 0.6) is 0 Å². The summed E-state index contributed by atoms with van der Waals surface area (Å²) in [6, 6.07) is 6.07. The number of benzene rings is 1. The maximum absolute atomic E-state index is 11.9. The molecule has 1 aliphatic carbocycles. The summed E-state index contributed by atoms with van der Waals surface area (Å²) < 4.78 is 0. The second-order valence-electron chi connectivity index (χ2n) is 8.62. The number of nitrogen functional groups attached to an aromatic ring is 1. The number of rotatable bonds is 2. The first-order valence-corrected chi connectivity index (χ1v) is 10.4. The number of nitrogens with zero attached hydrogens (tertiary/aromatic N) is 1. The van der Waals surface area contributed by atoms with Crippen molar-refractivity contribution in [2.24, 2.45) is 0 Å². The Morgan fingerprint density at radius 1 is 1.17 bits per heavy atom. The van der Waals surface area contributed by atoms with Crippen molar-refractivity contribution in [1.29, 1.82) is 0 Å². The van der Waals surface area contributed by atoms with E-state index in [1.165, 1.54) is 44.3 Å². The average molecular weight is 401 g/mol. The summed E-state index contributed by atoms with van der Waals surface area (Å²) in [6.45, 7) is 9.01. The van der Waals surface area contributed by atoms with Gasteiger partial charge in [-0.15, -0.1) is 0 Å². The lowest BCUT2D eigenvalue weighted by Gasteiger charge is -2.23. The molecule has 29 heavy (non-hydrogen) atoms. The Kier molecular flexibility index (Phi) is 7.99. The predicted octanol–water partition coefficient (Wildman–Crippen LogP) is 3.33. The van der Waals surface area contributed by atoms with E-state index >= 15 is 0 Å². The van der Waals surface area contributed by atoms with Crippen LogP contribution in [0, 0.1) is 0 Å². The van der Waals surface area contributed by atoms with Crippen molar-refractivity contribution in [2.45, 2.75) is 57.8 Å². The summed E-state index contributed by atoms with van der Waals surface area (Å²) in [4.78, 5) is 16.5. The summed E-state index contributed by atoms with van der Waals surface area (Å²) in [5, 5.41) is 13.8. The van der Waals surface area contributed by atoms with Gasteiger partial charge in [-0.1, -0.05) is 26.8 Å². The molecule has 1 aromatic carbocycles. The minimum atomic E-state index is -0.209. The first-order chi connectivity index (χ1) is 13.8. The molecule has 0 atom stereocenters. The van der Waals surface area contributed by atoms with Gasteiger partial charge in [-0.3, -0.25) is 4.79 Å². The van der Waals surface area contributed by atoms with E-state index in [2.05, 4.69) is 48.5 Å². The molecule has 1 saturated carbocycles. The zero-order valence-corrected chi connectivity index (χ0v) is 18.4. The summed E-state index contributed by atoms with van der Waals surface area (Å²) in [6.07, 6.45) is 5.28. The van der Waals surface area contributed by atoms with Gasteiger partial charge in [-0.2, -0.15) is 0 Å². The number of hydrogen-bond acceptors (Lipinski definition) is 5. The third kappa shape index (κ3) is 5.90. The van der Waals surface area contributed by atoms with Crippen LogP contribution >= 0.6 is 0 Å². The lowest BCUT2D eigenvalue weighted by molar-refractivity contribution is 0.0958. The van der Waals surface area contributed by atoms with E-state index in [0.717, 1.165) is 23.6 Å². The molecule has 2 aromatic rings. The molecule has 4 rings (SSSR count). The summed E-state index contributed by atoms with van der Waals surface area (Å²) in [5.74, 6) is 0.447. The number of anilines is 1. The molecule has 5 N–H and O–H groups in total. The second-order valence-corrected chi connectivity index (χ2v) is 8.62. The maximum Gasteiger partial charge on any atom is 0.269 e. The number of carbonyl (C=O) groups excluding carboxylic acids is 1. The number of aliphatic hydroxyl groups excluding tert-OH is 1. The molecule has 2 fully saturated rings. The molecule has 0 unspecified atom stereocenters. The molecule has 1 amide bonds. The quantitative estimate of drug-likeness (QED) is 0.620. The molecule has 0 bridgehead atoms. The van der Waals surface area contributed by atoms with E-state index in [4.69, 9.17) is 10.8 Å². The highest BCUT2D eigenvalue weighted by atomic mass is 16.2. The minimum Gasteiger partial charge on any atom is -0.400 e. The van der Waals surface area contributed by atoms with Crippen molar-refractivity contribution < 1.29 is 9.90 Å². The number of aliphatic hydroxyl groups is 1. The zero-order valence-electron chi connectivity index (χ0n) is 18.4. The van der Waals surface area contributed by atoms with E-state index in [9.17, 15) is 4.79 Å². The van der Waals surface area contributed by atoms with Gasteiger partial charge in [0.05, 0.1) is 5.52 Å². The van der Waals surface area contributed by atoms with Gasteiger partial charge in [0.2, 0.25) is 0 Å². The van der Waals surface area contributed by atoms with Crippen molar-refractivity contribution >= 4 is 22.5 Å². The Balaban J connectivity index is 0.000000367. The van der Waals surface area contributed by atoms with E-state index in [0.29, 0.717) is 17.3 Å². The molecule has 160 valence electrons. The Labute approximate surface area is 174 Å². The summed E-state index contributed by atoms with van der Waals surface area (Å²) in [5.41, 5.74) is 10.5. The van der Waals surface area contributed by atoms with Crippen molar-refractivity contribution in [1.82, 2.24) is 15.6 Å². The SMILES string of the molecule is C1CCNC1.CNC(=O)c1cc(N)c2cc(C3CC3)cc(C(C)(C)C)c2n1.CO. The standard InChI is InChI=1S/C18H23N3O.C4H9N.CH4O/c1-18(2,3)13-8-11(10-5-6-10)7-12-14(19)9-15(17(22)20-4)21-16(12)13;1-2-4-5-3-1;1-2/h7-10H,5-6H2,1-4H3,(H2,19,21)(H,20,22);5H,1-4H2;2H,1H3. The highest BCUT2D eigenvalue weighted by Gasteiger charge is 2.28. The molecule has 6 nitrogen and oxygen atoms in total. The number of nitrogens with two attached hydrogens (primary N) is 1. The first-order valence-electron chi connectivity index (χ1n) is 10.4. The van der Waals surface area contributed by atoms with Gasteiger partial charge < -0.3 is 21.5 Å². The highest BCUT2D eigenvalue weighted by Crippen LogP contribution is 2.43. The topological polar surface area (TPSA) is 100 Å². The van der Waals surface area contributed by atoms with E-state index in [1.807, 2.05) is 0 Å². The Hall–Kier alpha value is -2.18. The molecular weight excluding hydrogens is 364 g/mol. The number of amides is 1. The number of nitrogens with one attached hydrogen (secondary N) is 2. The second kappa shape index (κ2) is 10.0. The molecule has 0 spiro atoms. The lowest BCUT2D eigenvalue weighted by atomic mass is 9.83. The Morgan fingerprint density at radius 2 is 1.79 bits per heavy atom. The number of pyridine rings is 1. The van der Waals surface area contributed by atoms with Gasteiger partial charge >= 0.3 is 0 Å². The van der Waals surface area contributed by atoms with Gasteiger partial charge in [0.25, 0.3) is 5.91 Å². The number of fused-ring (bicyclic) bond motifs is 1. The van der Waals surface area contributed by atoms with Crippen molar-refractivity contribution in [3.05, 3.63) is 35.0 Å². The normalized spacial score (nSPS) is 15.8. The van der Waals surface area contributed by atoms with Crippen LogP contribution in [0.4, 0.5) is 5.69 Å². The van der Waals surface area contributed by atoms with Crippen molar-refractivity contribution in [3.8, 4) is 0 Å². The third-order valence-corrected chi connectivity index (χ3v) is 5.24. The summed E-state index contributed by atoms with van der Waals surface area (Å²) in [7, 11) is 2.60. The van der Waals surface area contributed by atoms with Crippen LogP contribution in [-0.2, 0) is 5.41 Å². The van der Waals surface area contributed by atoms with Crippen LogP contribution in [0.2, 0.25) is 0 Å². The lowest BCUT2D eigenvalue weighted by Crippen LogP contribution is -2.20. The zero-order chi connectivity index (χ0) is 21.6. The molecule has 2 aliphatic rings. The minimum absolute atomic E-state index is 0.0517. The van der Waals surface area contributed by atoms with E-state index in [1.54, 1.807) is 13.1 Å². The Bertz CT molecular complexity index is 827. The van der Waals surface area contributed by atoms with Crippen molar-refractivity contribution in [3.63, 3.8) is 0 Å².